The molecule has 1 aromatic heterocycles. The van der Waals surface area contributed by atoms with Crippen LogP contribution in [0.15, 0.2) is 28.1 Å². The number of rotatable bonds is 4. The van der Waals surface area contributed by atoms with E-state index in [0.29, 0.717) is 22.8 Å². The lowest BCUT2D eigenvalue weighted by atomic mass is 9.96. The zero-order valence-electron chi connectivity index (χ0n) is 13.5. The summed E-state index contributed by atoms with van der Waals surface area (Å²) in [4.78, 5) is 0. The second-order valence-corrected chi connectivity index (χ2v) is 9.00. The van der Waals surface area contributed by atoms with Gasteiger partial charge in [-0.2, -0.15) is 0 Å². The Labute approximate surface area is 140 Å². The third-order valence-corrected chi connectivity index (χ3v) is 7.78. The molecular formula is C18H24BrNS. The smallest absolute Gasteiger partial charge is 0.0488 e. The van der Waals surface area contributed by atoms with Crippen LogP contribution in [0.3, 0.4) is 0 Å². The van der Waals surface area contributed by atoms with Gasteiger partial charge in [-0.3, -0.25) is 0 Å². The maximum absolute atomic E-state index is 3.76. The lowest BCUT2D eigenvalue weighted by molar-refractivity contribution is 0.421. The van der Waals surface area contributed by atoms with Gasteiger partial charge in [0.2, 0.25) is 0 Å². The molecule has 3 heteroatoms. The molecule has 1 aromatic carbocycles. The fourth-order valence-corrected chi connectivity index (χ4v) is 5.65. The molecule has 1 aliphatic rings. The van der Waals surface area contributed by atoms with E-state index < -0.39 is 0 Å². The van der Waals surface area contributed by atoms with Gasteiger partial charge in [0.05, 0.1) is 0 Å². The maximum Gasteiger partial charge on any atom is 0.0488 e. The Kier molecular flexibility index (Phi) is 3.75. The molecule has 0 radical (unpaired) electrons. The van der Waals surface area contributed by atoms with E-state index in [4.69, 9.17) is 0 Å². The van der Waals surface area contributed by atoms with E-state index in [-0.39, 0.29) is 0 Å². The molecule has 1 unspecified atom stereocenters. The first-order valence-electron chi connectivity index (χ1n) is 7.71. The van der Waals surface area contributed by atoms with Crippen LogP contribution in [0, 0.1) is 16.7 Å². The van der Waals surface area contributed by atoms with Crippen LogP contribution in [0.5, 0.6) is 0 Å². The molecule has 21 heavy (non-hydrogen) atoms. The molecule has 114 valence electrons. The first-order valence-corrected chi connectivity index (χ1v) is 9.38. The lowest BCUT2D eigenvalue weighted by Crippen LogP contribution is -2.24. The first kappa shape index (κ1) is 15.5. The lowest BCUT2D eigenvalue weighted by Gasteiger charge is -2.20. The SMILES string of the molecule is CCNC(c1csc2c(Br)cccc12)C1C(C)(C)C1(C)C. The number of halogens is 1. The van der Waals surface area contributed by atoms with Crippen LogP contribution in [0.1, 0.15) is 46.2 Å². The van der Waals surface area contributed by atoms with Crippen molar-refractivity contribution in [2.45, 2.75) is 40.7 Å². The topological polar surface area (TPSA) is 12.0 Å². The van der Waals surface area contributed by atoms with Crippen LogP contribution in [-0.4, -0.2) is 6.54 Å². The number of hydrogen-bond acceptors (Lipinski definition) is 2. The van der Waals surface area contributed by atoms with Crippen LogP contribution in [0.4, 0.5) is 0 Å². The molecule has 1 atom stereocenters. The van der Waals surface area contributed by atoms with Gasteiger partial charge in [0, 0.05) is 15.2 Å². The summed E-state index contributed by atoms with van der Waals surface area (Å²) in [5.41, 5.74) is 2.25. The molecule has 1 fully saturated rings. The second kappa shape index (κ2) is 5.07. The highest BCUT2D eigenvalue weighted by Gasteiger charge is 2.67. The highest BCUT2D eigenvalue weighted by molar-refractivity contribution is 9.10. The third-order valence-electron chi connectivity index (χ3n) is 5.81. The van der Waals surface area contributed by atoms with Crippen molar-refractivity contribution in [3.05, 3.63) is 33.6 Å². The van der Waals surface area contributed by atoms with Gasteiger partial charge in [0.25, 0.3) is 0 Å². The van der Waals surface area contributed by atoms with Crippen LogP contribution in [0.2, 0.25) is 0 Å². The summed E-state index contributed by atoms with van der Waals surface area (Å²) in [7, 11) is 0. The van der Waals surface area contributed by atoms with Crippen molar-refractivity contribution < 1.29 is 0 Å². The summed E-state index contributed by atoms with van der Waals surface area (Å²) >= 11 is 5.54. The van der Waals surface area contributed by atoms with Crippen molar-refractivity contribution in [2.24, 2.45) is 16.7 Å². The summed E-state index contributed by atoms with van der Waals surface area (Å²) in [5, 5.41) is 7.52. The standard InChI is InChI=1S/C18H24BrNS/c1-6-20-14(16-17(2,3)18(16,4)5)12-10-21-15-11(12)8-7-9-13(15)19/h7-10,14,16,20H,6H2,1-5H3. The molecule has 2 aromatic rings. The van der Waals surface area contributed by atoms with E-state index in [1.54, 1.807) is 0 Å². The Hall–Kier alpha value is -0.380. The first-order chi connectivity index (χ1) is 9.82. The number of nitrogens with one attached hydrogen (secondary N) is 1. The van der Waals surface area contributed by atoms with Crippen molar-refractivity contribution in [3.8, 4) is 0 Å². The minimum absolute atomic E-state index is 0.389. The van der Waals surface area contributed by atoms with E-state index in [2.05, 4.69) is 79.4 Å². The zero-order valence-corrected chi connectivity index (χ0v) is 15.9. The molecule has 1 aliphatic carbocycles. The fraction of sp³-hybridized carbons (Fsp3) is 0.556. The highest BCUT2D eigenvalue weighted by atomic mass is 79.9. The predicted molar refractivity (Wildman–Crippen MR) is 97.0 cm³/mol. The van der Waals surface area contributed by atoms with Crippen molar-refractivity contribution in [3.63, 3.8) is 0 Å². The van der Waals surface area contributed by atoms with Crippen molar-refractivity contribution in [1.82, 2.24) is 5.32 Å². The molecule has 0 aliphatic heterocycles. The summed E-state index contributed by atoms with van der Waals surface area (Å²) in [6.45, 7) is 12.9. The van der Waals surface area contributed by atoms with E-state index in [9.17, 15) is 0 Å². The van der Waals surface area contributed by atoms with Gasteiger partial charge >= 0.3 is 0 Å². The molecule has 1 nitrogen and oxygen atoms in total. The molecule has 0 amide bonds. The van der Waals surface area contributed by atoms with E-state index >= 15 is 0 Å². The maximum atomic E-state index is 3.76. The minimum Gasteiger partial charge on any atom is -0.310 e. The van der Waals surface area contributed by atoms with E-state index in [0.717, 1.165) is 6.54 Å². The summed E-state index contributed by atoms with van der Waals surface area (Å²) in [6, 6.07) is 6.99. The Balaban J connectivity index is 2.08. The molecule has 1 N–H and O–H groups in total. The molecule has 3 rings (SSSR count). The van der Waals surface area contributed by atoms with Crippen LogP contribution >= 0.6 is 27.3 Å². The van der Waals surface area contributed by atoms with Gasteiger partial charge < -0.3 is 5.32 Å². The minimum atomic E-state index is 0.389. The van der Waals surface area contributed by atoms with Crippen molar-refractivity contribution in [1.29, 1.82) is 0 Å². The van der Waals surface area contributed by atoms with Crippen LogP contribution < -0.4 is 5.32 Å². The van der Waals surface area contributed by atoms with Crippen LogP contribution in [-0.2, 0) is 0 Å². The van der Waals surface area contributed by atoms with Gasteiger partial charge in [-0.25, -0.2) is 0 Å². The fourth-order valence-electron chi connectivity index (χ4n) is 3.99. The summed E-state index contributed by atoms with van der Waals surface area (Å²) in [6.07, 6.45) is 0. The molecular weight excluding hydrogens is 342 g/mol. The normalized spacial score (nSPS) is 21.6. The van der Waals surface area contributed by atoms with Gasteiger partial charge in [-0.15, -0.1) is 11.3 Å². The molecule has 1 heterocycles. The largest absolute Gasteiger partial charge is 0.310 e. The number of benzene rings is 1. The van der Waals surface area contributed by atoms with Gasteiger partial charge in [-0.05, 0) is 61.6 Å². The second-order valence-electron chi connectivity index (χ2n) is 7.26. The monoisotopic (exact) mass is 365 g/mol. The molecule has 0 spiro atoms. The van der Waals surface area contributed by atoms with Gasteiger partial charge in [0.15, 0.2) is 0 Å². The van der Waals surface area contributed by atoms with Crippen molar-refractivity contribution >= 4 is 37.4 Å². The van der Waals surface area contributed by atoms with E-state index in [1.165, 1.54) is 20.1 Å². The predicted octanol–water partition coefficient (Wildman–Crippen LogP) is 6.00. The number of hydrogen-bond donors (Lipinski definition) is 1. The number of fused-ring (bicyclic) bond motifs is 1. The quantitative estimate of drug-likeness (QED) is 0.700. The zero-order chi connectivity index (χ0) is 15.4. The van der Waals surface area contributed by atoms with Gasteiger partial charge in [-0.1, -0.05) is 46.8 Å². The highest BCUT2D eigenvalue weighted by Crippen LogP contribution is 2.72. The summed E-state index contributed by atoms with van der Waals surface area (Å²) < 4.78 is 2.58. The Morgan fingerprint density at radius 1 is 1.24 bits per heavy atom. The van der Waals surface area contributed by atoms with Crippen LogP contribution in [0.25, 0.3) is 10.1 Å². The number of thiophene rings is 1. The Morgan fingerprint density at radius 2 is 1.90 bits per heavy atom. The summed E-state index contributed by atoms with van der Waals surface area (Å²) in [5.74, 6) is 0.682. The Morgan fingerprint density at radius 3 is 2.48 bits per heavy atom. The third kappa shape index (κ3) is 2.20. The molecule has 0 saturated heterocycles. The Bertz CT molecular complexity index is 657. The van der Waals surface area contributed by atoms with Gasteiger partial charge in [0.1, 0.15) is 0 Å². The molecule has 1 saturated carbocycles. The van der Waals surface area contributed by atoms with E-state index in [1.807, 2.05) is 11.3 Å². The molecule has 0 bridgehead atoms. The van der Waals surface area contributed by atoms with Crippen molar-refractivity contribution in [2.75, 3.05) is 6.54 Å². The average Bonchev–Trinajstić information content (AvgIpc) is 2.76. The average molecular weight is 366 g/mol.